The molecule has 0 heterocycles. The Labute approximate surface area is 153 Å². The molecule has 26 heavy (non-hydrogen) atoms. The zero-order chi connectivity index (χ0) is 18.9. The van der Waals surface area contributed by atoms with Crippen molar-refractivity contribution >= 4 is 17.8 Å². The van der Waals surface area contributed by atoms with Crippen LogP contribution >= 0.6 is 0 Å². The van der Waals surface area contributed by atoms with Gasteiger partial charge in [-0.3, -0.25) is 19.2 Å². The second kappa shape index (κ2) is 9.91. The van der Waals surface area contributed by atoms with Gasteiger partial charge < -0.3 is 9.64 Å². The van der Waals surface area contributed by atoms with Crippen LogP contribution in [0.4, 0.5) is 0 Å². The summed E-state index contributed by atoms with van der Waals surface area (Å²) in [6.45, 7) is 0.120. The summed E-state index contributed by atoms with van der Waals surface area (Å²) in [7, 11) is 2.89. The number of nitrogens with zero attached hydrogens (tertiary/aromatic N) is 1. The maximum absolute atomic E-state index is 12.7. The lowest BCUT2D eigenvalue weighted by molar-refractivity contribution is -0.155. The number of benzene rings is 1. The number of carbonyl (C=O) groups is 3. The molecular weight excluding hydrogens is 336 g/mol. The summed E-state index contributed by atoms with van der Waals surface area (Å²) in [5, 5.41) is 0. The third-order valence-corrected chi connectivity index (χ3v) is 4.61. The van der Waals surface area contributed by atoms with Crippen molar-refractivity contribution in [1.82, 2.24) is 10.4 Å². The molecule has 0 spiro atoms. The number of carbonyl (C=O) groups excluding carboxylic acids is 3. The lowest BCUT2D eigenvalue weighted by Gasteiger charge is -2.31. The van der Waals surface area contributed by atoms with E-state index < -0.39 is 17.7 Å². The van der Waals surface area contributed by atoms with Crippen molar-refractivity contribution in [2.45, 2.75) is 32.3 Å². The van der Waals surface area contributed by atoms with Gasteiger partial charge in [0.25, 0.3) is 5.91 Å². The first-order valence-electron chi connectivity index (χ1n) is 8.80. The Morgan fingerprint density at radius 1 is 1.12 bits per heavy atom. The first kappa shape index (κ1) is 19.9. The number of rotatable bonds is 7. The monoisotopic (exact) mass is 362 g/mol. The average Bonchev–Trinajstić information content (AvgIpc) is 2.67. The minimum atomic E-state index is -0.431. The van der Waals surface area contributed by atoms with Crippen LogP contribution in [0.3, 0.4) is 0 Å². The second-order valence-corrected chi connectivity index (χ2v) is 6.51. The molecule has 1 saturated carbocycles. The summed E-state index contributed by atoms with van der Waals surface area (Å²) in [4.78, 5) is 43.1. The minimum absolute atomic E-state index is 0.127. The van der Waals surface area contributed by atoms with Crippen LogP contribution in [0.15, 0.2) is 30.3 Å². The summed E-state index contributed by atoms with van der Waals surface area (Å²) < 4.78 is 4.82. The van der Waals surface area contributed by atoms with E-state index in [0.717, 1.165) is 18.4 Å². The van der Waals surface area contributed by atoms with Gasteiger partial charge in [-0.05, 0) is 18.4 Å². The number of hydroxylamine groups is 1. The van der Waals surface area contributed by atoms with Crippen LogP contribution in [0, 0.1) is 11.8 Å². The summed E-state index contributed by atoms with van der Waals surface area (Å²) in [6, 6.07) is 9.44. The summed E-state index contributed by atoms with van der Waals surface area (Å²) in [5.74, 6) is -1.84. The van der Waals surface area contributed by atoms with E-state index in [4.69, 9.17) is 9.57 Å². The fourth-order valence-corrected chi connectivity index (χ4v) is 3.24. The van der Waals surface area contributed by atoms with Gasteiger partial charge in [0.05, 0.1) is 25.6 Å². The molecule has 2 rings (SSSR count). The number of nitrogens with one attached hydrogen (secondary N) is 1. The molecule has 0 saturated heterocycles. The number of methoxy groups -OCH3 is 1. The number of likely N-dealkylation sites (N-methyl/N-ethyl adjacent to an activating group) is 1. The lowest BCUT2D eigenvalue weighted by Crippen LogP contribution is -2.45. The Hall–Kier alpha value is -2.41. The maximum atomic E-state index is 12.7. The molecule has 1 aliphatic rings. The van der Waals surface area contributed by atoms with E-state index >= 15 is 0 Å². The molecular formula is C19H26N2O5. The van der Waals surface area contributed by atoms with Crippen LogP contribution in [0.1, 0.15) is 31.2 Å². The molecule has 1 aromatic carbocycles. The highest BCUT2D eigenvalue weighted by molar-refractivity contribution is 5.88. The molecule has 1 aliphatic carbocycles. The molecule has 1 N–H and O–H groups in total. The Kier molecular flexibility index (Phi) is 7.59. The van der Waals surface area contributed by atoms with Crippen molar-refractivity contribution in [3.63, 3.8) is 0 Å². The van der Waals surface area contributed by atoms with Gasteiger partial charge in [-0.25, -0.2) is 5.48 Å². The van der Waals surface area contributed by atoms with Gasteiger partial charge in [0.2, 0.25) is 5.91 Å². The van der Waals surface area contributed by atoms with Crippen molar-refractivity contribution in [2.24, 2.45) is 11.8 Å². The van der Waals surface area contributed by atoms with E-state index in [-0.39, 0.29) is 25.0 Å². The zero-order valence-electron chi connectivity index (χ0n) is 15.3. The Balaban J connectivity index is 1.81. The number of hydrogen-bond donors (Lipinski definition) is 1. The van der Waals surface area contributed by atoms with E-state index in [0.29, 0.717) is 12.8 Å². The van der Waals surface area contributed by atoms with Gasteiger partial charge in [0, 0.05) is 7.05 Å². The normalized spacial score (nSPS) is 19.5. The van der Waals surface area contributed by atoms with E-state index in [2.05, 4.69) is 5.48 Å². The molecule has 0 aromatic heterocycles. The molecule has 2 atom stereocenters. The molecule has 1 fully saturated rings. The number of hydrogen-bond acceptors (Lipinski definition) is 5. The lowest BCUT2D eigenvalue weighted by atomic mass is 9.78. The second-order valence-electron chi connectivity index (χ2n) is 6.51. The zero-order valence-corrected chi connectivity index (χ0v) is 15.3. The van der Waals surface area contributed by atoms with Gasteiger partial charge in [0.1, 0.15) is 6.54 Å². The highest BCUT2D eigenvalue weighted by Gasteiger charge is 2.38. The van der Waals surface area contributed by atoms with Crippen molar-refractivity contribution in [2.75, 3.05) is 20.7 Å². The number of amides is 2. The van der Waals surface area contributed by atoms with Gasteiger partial charge in [-0.1, -0.05) is 43.2 Å². The fourth-order valence-electron chi connectivity index (χ4n) is 3.24. The standard InChI is InChI=1S/C19H26N2O5/c1-21(12-17(22)20-26-13-14-8-4-3-5-9-14)18(23)15-10-6-7-11-16(15)19(24)25-2/h3-5,8-9,15-16H,6-7,10-13H2,1-2H3,(H,20,22)/t15-,16+/m1/s1. The minimum Gasteiger partial charge on any atom is -0.469 e. The molecule has 0 aliphatic heterocycles. The van der Waals surface area contributed by atoms with E-state index in [1.807, 2.05) is 30.3 Å². The quantitative estimate of drug-likeness (QED) is 0.589. The SMILES string of the molecule is COC(=O)[C@H]1CCCC[C@H]1C(=O)N(C)CC(=O)NOCc1ccccc1. The number of esters is 1. The summed E-state index contributed by atoms with van der Waals surface area (Å²) in [6.07, 6.45) is 3.07. The first-order valence-corrected chi connectivity index (χ1v) is 8.80. The summed E-state index contributed by atoms with van der Waals surface area (Å²) in [5.41, 5.74) is 3.27. The molecule has 0 radical (unpaired) electrons. The van der Waals surface area contributed by atoms with E-state index in [1.54, 1.807) is 7.05 Å². The van der Waals surface area contributed by atoms with Crippen molar-refractivity contribution in [1.29, 1.82) is 0 Å². The topological polar surface area (TPSA) is 84.9 Å². The molecule has 142 valence electrons. The van der Waals surface area contributed by atoms with Gasteiger partial charge >= 0.3 is 5.97 Å². The van der Waals surface area contributed by atoms with Gasteiger partial charge in [-0.15, -0.1) is 0 Å². The third-order valence-electron chi connectivity index (χ3n) is 4.61. The smallest absolute Gasteiger partial charge is 0.309 e. The first-order chi connectivity index (χ1) is 12.5. The largest absolute Gasteiger partial charge is 0.469 e. The highest BCUT2D eigenvalue weighted by Crippen LogP contribution is 2.32. The van der Waals surface area contributed by atoms with Crippen LogP contribution in [0.25, 0.3) is 0 Å². The van der Waals surface area contributed by atoms with Crippen molar-refractivity contribution < 1.29 is 24.0 Å². The number of ether oxygens (including phenoxy) is 1. The van der Waals surface area contributed by atoms with E-state index in [9.17, 15) is 14.4 Å². The maximum Gasteiger partial charge on any atom is 0.309 e. The summed E-state index contributed by atoms with van der Waals surface area (Å²) >= 11 is 0. The Morgan fingerprint density at radius 3 is 2.42 bits per heavy atom. The Morgan fingerprint density at radius 2 is 1.77 bits per heavy atom. The predicted octanol–water partition coefficient (Wildman–Crippen LogP) is 1.67. The predicted molar refractivity (Wildman–Crippen MR) is 94.5 cm³/mol. The van der Waals surface area contributed by atoms with E-state index in [1.165, 1.54) is 12.0 Å². The van der Waals surface area contributed by atoms with Crippen LogP contribution < -0.4 is 5.48 Å². The average molecular weight is 362 g/mol. The molecule has 1 aromatic rings. The highest BCUT2D eigenvalue weighted by atomic mass is 16.6. The molecule has 0 bridgehead atoms. The van der Waals surface area contributed by atoms with Crippen LogP contribution in [0.2, 0.25) is 0 Å². The van der Waals surface area contributed by atoms with Crippen LogP contribution in [0.5, 0.6) is 0 Å². The van der Waals surface area contributed by atoms with Gasteiger partial charge in [0.15, 0.2) is 0 Å². The van der Waals surface area contributed by atoms with Crippen molar-refractivity contribution in [3.05, 3.63) is 35.9 Å². The molecule has 7 heteroatoms. The molecule has 0 unspecified atom stereocenters. The van der Waals surface area contributed by atoms with Gasteiger partial charge in [-0.2, -0.15) is 0 Å². The third kappa shape index (κ3) is 5.56. The van der Waals surface area contributed by atoms with Crippen molar-refractivity contribution in [3.8, 4) is 0 Å². The van der Waals surface area contributed by atoms with Crippen LogP contribution in [-0.4, -0.2) is 43.4 Å². The fraction of sp³-hybridized carbons (Fsp3) is 0.526. The van der Waals surface area contributed by atoms with Crippen LogP contribution in [-0.2, 0) is 30.6 Å². The molecule has 7 nitrogen and oxygen atoms in total. The molecule has 2 amide bonds. The Bertz CT molecular complexity index is 620.